The fraction of sp³-hybridized carbons (Fsp3) is 0.500. The molecule has 0 aromatic carbocycles. The lowest BCUT2D eigenvalue weighted by molar-refractivity contribution is -0.127. The molecule has 0 radical (unpaired) electrons. The van der Waals surface area contributed by atoms with Gasteiger partial charge in [0.15, 0.2) is 0 Å². The third-order valence-electron chi connectivity index (χ3n) is 6.27. The molecule has 0 spiro atoms. The maximum atomic E-state index is 14.6. The van der Waals surface area contributed by atoms with E-state index in [1.165, 1.54) is 10.6 Å². The fourth-order valence-corrected chi connectivity index (χ4v) is 4.27. The van der Waals surface area contributed by atoms with Gasteiger partial charge in [-0.1, -0.05) is 12.0 Å². The van der Waals surface area contributed by atoms with Crippen molar-refractivity contribution in [1.29, 1.82) is 0 Å². The lowest BCUT2D eigenvalue weighted by Crippen LogP contribution is -2.46. The normalized spacial score (nSPS) is 18.7. The van der Waals surface area contributed by atoms with Gasteiger partial charge in [-0.3, -0.25) is 9.48 Å². The van der Waals surface area contributed by atoms with E-state index < -0.39 is 30.7 Å². The predicted octanol–water partition coefficient (Wildman–Crippen LogP) is 3.63. The first-order valence-corrected chi connectivity index (χ1v) is 12.3. The summed E-state index contributed by atoms with van der Waals surface area (Å²) in [6.07, 6.45) is -4.59. The van der Waals surface area contributed by atoms with Crippen LogP contribution in [0.2, 0.25) is 0 Å². The molecule has 204 valence electrons. The third kappa shape index (κ3) is 6.45. The molecule has 2 N–H and O–H groups in total. The largest absolute Gasteiger partial charge is 0.393 e. The summed E-state index contributed by atoms with van der Waals surface area (Å²) in [5, 5.41) is 14.3. The number of hydrogen-bond donors (Lipinski definition) is 2. The zero-order valence-corrected chi connectivity index (χ0v) is 21.7. The van der Waals surface area contributed by atoms with E-state index in [1.54, 1.807) is 29.1 Å². The van der Waals surface area contributed by atoms with Crippen LogP contribution in [0, 0.1) is 11.8 Å². The van der Waals surface area contributed by atoms with Crippen molar-refractivity contribution in [3.63, 3.8) is 0 Å². The van der Waals surface area contributed by atoms with Crippen LogP contribution in [0.15, 0.2) is 30.5 Å². The highest BCUT2D eigenvalue weighted by Crippen LogP contribution is 2.28. The molecule has 38 heavy (non-hydrogen) atoms. The highest BCUT2D eigenvalue weighted by Gasteiger charge is 2.32. The quantitative estimate of drug-likeness (QED) is 0.387. The molecule has 0 bridgehead atoms. The number of carbonyl (C=O) groups excluding carboxylic acids is 1. The minimum atomic E-state index is -4.48. The van der Waals surface area contributed by atoms with Gasteiger partial charge in [0, 0.05) is 24.8 Å². The Morgan fingerprint density at radius 1 is 1.18 bits per heavy atom. The first kappa shape index (κ1) is 27.4. The number of fused-ring (bicyclic) bond motifs is 1. The van der Waals surface area contributed by atoms with Gasteiger partial charge in [-0.25, -0.2) is 8.91 Å². The van der Waals surface area contributed by atoms with Crippen LogP contribution < -0.4 is 10.6 Å². The lowest BCUT2D eigenvalue weighted by Gasteiger charge is -2.33. The standard InChI is InChI=1S/C26H31F4N7O/c1-25(2,3)36-14-11-21(33-36)24(38)31-12-6-7-19-17(15-26(28,29)30)22-8-5-9-23(37(22)34-19)32-20-10-13-35(4)16-18(20)27/h5,8-9,11,14,18,20,32H,10,12-13,15-16H2,1-4H3,(H,31,38)/t18-,20+/m0/s1. The summed E-state index contributed by atoms with van der Waals surface area (Å²) in [7, 11) is 1.84. The van der Waals surface area contributed by atoms with Crippen molar-refractivity contribution in [3.8, 4) is 11.8 Å². The second kappa shape index (κ2) is 10.6. The Kier molecular flexibility index (Phi) is 7.69. The summed E-state index contributed by atoms with van der Waals surface area (Å²) >= 11 is 0. The number of aromatic nitrogens is 4. The van der Waals surface area contributed by atoms with Gasteiger partial charge >= 0.3 is 6.18 Å². The van der Waals surface area contributed by atoms with Gasteiger partial charge in [0.05, 0.1) is 30.1 Å². The maximum Gasteiger partial charge on any atom is 0.393 e. The van der Waals surface area contributed by atoms with E-state index in [0.717, 1.165) is 0 Å². The topological polar surface area (TPSA) is 79.5 Å². The van der Waals surface area contributed by atoms with Gasteiger partial charge in [0.2, 0.25) is 0 Å². The molecule has 0 saturated carbocycles. The molecule has 4 rings (SSSR count). The second-order valence-electron chi connectivity index (χ2n) is 10.4. The van der Waals surface area contributed by atoms with Crippen LogP contribution in [0.5, 0.6) is 0 Å². The summed E-state index contributed by atoms with van der Waals surface area (Å²) < 4.78 is 57.9. The molecule has 2 atom stereocenters. The Morgan fingerprint density at radius 3 is 2.61 bits per heavy atom. The molecule has 1 aliphatic rings. The van der Waals surface area contributed by atoms with E-state index in [9.17, 15) is 22.4 Å². The molecule has 8 nitrogen and oxygen atoms in total. The number of anilines is 1. The van der Waals surface area contributed by atoms with Crippen LogP contribution in [-0.2, 0) is 12.0 Å². The summed E-state index contributed by atoms with van der Waals surface area (Å²) in [6, 6.07) is 5.88. The van der Waals surface area contributed by atoms with Gasteiger partial charge in [-0.15, -0.1) is 0 Å². The number of rotatable bonds is 5. The molecule has 3 aromatic rings. The van der Waals surface area contributed by atoms with Crippen LogP contribution in [0.3, 0.4) is 0 Å². The molecule has 0 unspecified atom stereocenters. The Hall–Kier alpha value is -3.59. The Morgan fingerprint density at radius 2 is 1.95 bits per heavy atom. The number of hydrogen-bond acceptors (Lipinski definition) is 5. The summed E-state index contributed by atoms with van der Waals surface area (Å²) in [5.74, 6) is 5.31. The number of pyridine rings is 1. The third-order valence-corrected chi connectivity index (χ3v) is 6.27. The number of likely N-dealkylation sites (tertiary alicyclic amines) is 1. The molecule has 1 fully saturated rings. The van der Waals surface area contributed by atoms with Crippen LogP contribution in [0.4, 0.5) is 23.4 Å². The van der Waals surface area contributed by atoms with Crippen molar-refractivity contribution in [2.75, 3.05) is 32.0 Å². The maximum absolute atomic E-state index is 14.6. The van der Waals surface area contributed by atoms with Crippen LogP contribution in [0.25, 0.3) is 5.52 Å². The number of alkyl halides is 4. The second-order valence-corrected chi connectivity index (χ2v) is 10.4. The zero-order valence-electron chi connectivity index (χ0n) is 21.7. The van der Waals surface area contributed by atoms with E-state index in [1.807, 2.05) is 32.7 Å². The Balaban J connectivity index is 1.55. The SMILES string of the molecule is CN1CC[C@@H](Nc2cccc3c(CC(F)(F)F)c(C#CCNC(=O)c4ccn(C(C)(C)C)n4)nn23)[C@@H](F)C1. The monoisotopic (exact) mass is 533 g/mol. The number of nitrogens with zero attached hydrogens (tertiary/aromatic N) is 5. The van der Waals surface area contributed by atoms with Crippen LogP contribution in [0.1, 0.15) is 48.9 Å². The van der Waals surface area contributed by atoms with E-state index in [-0.39, 0.29) is 41.1 Å². The number of carbonyl (C=O) groups is 1. The molecule has 3 aromatic heterocycles. The van der Waals surface area contributed by atoms with Crippen molar-refractivity contribution in [2.45, 2.75) is 57.5 Å². The summed E-state index contributed by atoms with van der Waals surface area (Å²) in [6.45, 7) is 6.71. The lowest BCUT2D eigenvalue weighted by atomic mass is 10.0. The minimum Gasteiger partial charge on any atom is -0.364 e. The van der Waals surface area contributed by atoms with Crippen LogP contribution in [-0.4, -0.2) is 75.3 Å². The van der Waals surface area contributed by atoms with E-state index in [2.05, 4.69) is 32.7 Å². The van der Waals surface area contributed by atoms with E-state index >= 15 is 0 Å². The van der Waals surface area contributed by atoms with Gasteiger partial charge in [0.25, 0.3) is 5.91 Å². The number of halogens is 4. The molecule has 1 aliphatic heterocycles. The molecule has 12 heteroatoms. The smallest absolute Gasteiger partial charge is 0.364 e. The number of piperidine rings is 1. The van der Waals surface area contributed by atoms with Crippen molar-refractivity contribution in [1.82, 2.24) is 29.6 Å². The first-order valence-electron chi connectivity index (χ1n) is 12.3. The summed E-state index contributed by atoms with van der Waals surface area (Å²) in [5.41, 5.74) is 0.0227. The van der Waals surface area contributed by atoms with Crippen LogP contribution >= 0.6 is 0 Å². The molecular weight excluding hydrogens is 502 g/mol. The fourth-order valence-electron chi connectivity index (χ4n) is 4.27. The van der Waals surface area contributed by atoms with Gasteiger partial charge in [-0.2, -0.15) is 23.4 Å². The minimum absolute atomic E-state index is 0.0528. The highest BCUT2D eigenvalue weighted by molar-refractivity contribution is 5.92. The number of nitrogens with one attached hydrogen (secondary N) is 2. The van der Waals surface area contributed by atoms with Gasteiger partial charge in [0.1, 0.15) is 23.4 Å². The van der Waals surface area contributed by atoms with Crippen molar-refractivity contribution >= 4 is 17.2 Å². The van der Waals surface area contributed by atoms with Crippen molar-refractivity contribution < 1.29 is 22.4 Å². The predicted molar refractivity (Wildman–Crippen MR) is 136 cm³/mol. The average molecular weight is 534 g/mol. The van der Waals surface area contributed by atoms with Crippen molar-refractivity contribution in [2.24, 2.45) is 0 Å². The average Bonchev–Trinajstić information content (AvgIpc) is 3.44. The molecular formula is C26H31F4N7O. The molecule has 1 saturated heterocycles. The Labute approximate surface area is 218 Å². The molecule has 0 aliphatic carbocycles. The highest BCUT2D eigenvalue weighted by atomic mass is 19.4. The van der Waals surface area contributed by atoms with E-state index in [4.69, 9.17) is 0 Å². The van der Waals surface area contributed by atoms with Gasteiger partial charge in [-0.05, 0) is 58.4 Å². The number of amides is 1. The summed E-state index contributed by atoms with van der Waals surface area (Å²) in [4.78, 5) is 14.3. The molecule has 1 amide bonds. The molecule has 4 heterocycles. The van der Waals surface area contributed by atoms with Gasteiger partial charge < -0.3 is 15.5 Å². The van der Waals surface area contributed by atoms with E-state index in [0.29, 0.717) is 18.8 Å². The first-order chi connectivity index (χ1) is 17.8. The Bertz CT molecular complexity index is 1360. The zero-order chi connectivity index (χ0) is 27.7. The van der Waals surface area contributed by atoms with Crippen molar-refractivity contribution in [3.05, 3.63) is 47.4 Å².